The van der Waals surface area contributed by atoms with Crippen molar-refractivity contribution in [1.82, 2.24) is 9.80 Å². The predicted octanol–water partition coefficient (Wildman–Crippen LogP) is 4.42. The van der Waals surface area contributed by atoms with Crippen molar-refractivity contribution >= 4 is 20.3 Å². The van der Waals surface area contributed by atoms with E-state index >= 15 is 0 Å². The molecule has 0 aliphatic carbocycles. The number of rotatable bonds is 8. The Morgan fingerprint density at radius 3 is 2.04 bits per heavy atom. The summed E-state index contributed by atoms with van der Waals surface area (Å²) in [6, 6.07) is 12.2. The topological polar surface area (TPSA) is 49.9 Å². The Balaban J connectivity index is 2.34. The van der Waals surface area contributed by atoms with E-state index in [1.807, 2.05) is 44.2 Å². The fourth-order valence-corrected chi connectivity index (χ4v) is 6.45. The molecule has 1 aliphatic heterocycles. The molecule has 0 bridgehead atoms. The van der Waals surface area contributed by atoms with E-state index < -0.39 is 14.4 Å². The van der Waals surface area contributed by atoms with Crippen LogP contribution in [0.5, 0.6) is 0 Å². The highest BCUT2D eigenvalue weighted by Gasteiger charge is 2.55. The largest absolute Gasteiger partial charge is 0.403 e. The summed E-state index contributed by atoms with van der Waals surface area (Å²) >= 11 is 0. The lowest BCUT2D eigenvalue weighted by atomic mass is 9.91. The molecule has 0 saturated carbocycles. The van der Waals surface area contributed by atoms with Gasteiger partial charge in [-0.2, -0.15) is 0 Å². The number of benzene rings is 1. The Bertz CT molecular complexity index is 606. The lowest BCUT2D eigenvalue weighted by Gasteiger charge is -2.49. The summed E-state index contributed by atoms with van der Waals surface area (Å²) in [5.41, 5.74) is 0.962. The molecule has 0 radical (unpaired) electrons. The molecule has 3 amide bonds. The van der Waals surface area contributed by atoms with Crippen LogP contribution < -0.4 is 0 Å². The van der Waals surface area contributed by atoms with Crippen LogP contribution in [0.1, 0.15) is 46.2 Å². The number of amides is 3. The first-order chi connectivity index (χ1) is 12.5. The Kier molecular flexibility index (Phi) is 7.00. The number of likely N-dealkylation sites (tertiary alicyclic amines) is 1. The first-order valence-corrected chi connectivity index (χ1v) is 12.4. The minimum absolute atomic E-state index is 0.192. The van der Waals surface area contributed by atoms with Gasteiger partial charge in [-0.1, -0.05) is 51.1 Å². The van der Waals surface area contributed by atoms with Crippen LogP contribution in [-0.4, -0.2) is 49.2 Å². The highest BCUT2D eigenvalue weighted by Crippen LogP contribution is 2.41. The van der Waals surface area contributed by atoms with Crippen molar-refractivity contribution in [3.05, 3.63) is 35.9 Å². The molecule has 6 heteroatoms. The summed E-state index contributed by atoms with van der Waals surface area (Å²) in [4.78, 5) is 28.9. The number of hydrogen-bond donors (Lipinski definition) is 0. The van der Waals surface area contributed by atoms with Crippen molar-refractivity contribution in [2.75, 3.05) is 13.1 Å². The third kappa shape index (κ3) is 3.71. The van der Waals surface area contributed by atoms with Gasteiger partial charge in [-0.25, -0.2) is 4.79 Å². The SMILES string of the molecule is CCN(CC)C(=O)N1C(=O)[C@@H](O[Si](CC)(CC)CC)[C@H]1c1ccccc1. The Morgan fingerprint density at radius 1 is 1.04 bits per heavy atom. The Morgan fingerprint density at radius 2 is 1.58 bits per heavy atom. The lowest BCUT2D eigenvalue weighted by molar-refractivity contribution is -0.159. The molecule has 1 aromatic rings. The number of nitrogens with zero attached hydrogens (tertiary/aromatic N) is 2. The summed E-state index contributed by atoms with van der Waals surface area (Å²) in [7, 11) is -1.95. The zero-order valence-electron chi connectivity index (χ0n) is 16.7. The van der Waals surface area contributed by atoms with Gasteiger partial charge in [-0.05, 0) is 37.5 Å². The third-order valence-corrected chi connectivity index (χ3v) is 10.4. The van der Waals surface area contributed by atoms with Gasteiger partial charge in [-0.3, -0.25) is 9.69 Å². The maximum Gasteiger partial charge on any atom is 0.327 e. The monoisotopic (exact) mass is 376 g/mol. The van der Waals surface area contributed by atoms with Crippen molar-refractivity contribution < 1.29 is 14.0 Å². The number of urea groups is 1. The molecule has 0 aromatic heterocycles. The van der Waals surface area contributed by atoms with Gasteiger partial charge < -0.3 is 9.33 Å². The van der Waals surface area contributed by atoms with Gasteiger partial charge in [-0.15, -0.1) is 0 Å². The van der Waals surface area contributed by atoms with Crippen molar-refractivity contribution in [2.24, 2.45) is 0 Å². The van der Waals surface area contributed by atoms with Crippen LogP contribution in [0.25, 0.3) is 0 Å². The molecule has 0 N–H and O–H groups in total. The van der Waals surface area contributed by atoms with E-state index in [4.69, 9.17) is 4.43 Å². The van der Waals surface area contributed by atoms with Crippen molar-refractivity contribution in [3.63, 3.8) is 0 Å². The Hall–Kier alpha value is -1.66. The van der Waals surface area contributed by atoms with Crippen LogP contribution >= 0.6 is 0 Å². The summed E-state index contributed by atoms with van der Waals surface area (Å²) in [5.74, 6) is -0.192. The van der Waals surface area contributed by atoms with E-state index in [0.29, 0.717) is 13.1 Å². The van der Waals surface area contributed by atoms with Crippen LogP contribution in [0, 0.1) is 0 Å². The molecule has 26 heavy (non-hydrogen) atoms. The second-order valence-electron chi connectivity index (χ2n) is 6.80. The quantitative estimate of drug-likeness (QED) is 0.498. The molecule has 1 heterocycles. The molecule has 1 aromatic carbocycles. The number of carbonyl (C=O) groups is 2. The number of carbonyl (C=O) groups excluding carboxylic acids is 2. The first-order valence-electron chi connectivity index (χ1n) is 9.83. The van der Waals surface area contributed by atoms with Gasteiger partial charge in [0.05, 0.1) is 0 Å². The van der Waals surface area contributed by atoms with E-state index in [1.165, 1.54) is 4.90 Å². The second kappa shape index (κ2) is 8.82. The molecular formula is C20H32N2O3Si. The minimum atomic E-state index is -1.95. The molecule has 1 saturated heterocycles. The smallest absolute Gasteiger partial charge is 0.327 e. The van der Waals surface area contributed by atoms with Crippen LogP contribution in [0.4, 0.5) is 4.79 Å². The minimum Gasteiger partial charge on any atom is -0.403 e. The van der Waals surface area contributed by atoms with E-state index in [9.17, 15) is 9.59 Å². The molecule has 1 aliphatic rings. The van der Waals surface area contributed by atoms with Gasteiger partial charge in [0.1, 0.15) is 6.04 Å². The molecule has 144 valence electrons. The molecule has 2 atom stereocenters. The van der Waals surface area contributed by atoms with Gasteiger partial charge in [0.25, 0.3) is 5.91 Å². The average molecular weight is 377 g/mol. The van der Waals surface area contributed by atoms with Crippen molar-refractivity contribution in [2.45, 2.75) is 64.9 Å². The maximum absolute atomic E-state index is 12.9. The lowest BCUT2D eigenvalue weighted by Crippen LogP contribution is -2.66. The first kappa shape index (κ1) is 20.6. The second-order valence-corrected chi connectivity index (χ2v) is 11.5. The highest BCUT2D eigenvalue weighted by atomic mass is 28.4. The number of imide groups is 1. The van der Waals surface area contributed by atoms with E-state index in [0.717, 1.165) is 23.7 Å². The molecule has 5 nitrogen and oxygen atoms in total. The van der Waals surface area contributed by atoms with Gasteiger partial charge >= 0.3 is 6.03 Å². The molecular weight excluding hydrogens is 344 g/mol. The average Bonchev–Trinajstić information content (AvgIpc) is 2.68. The van der Waals surface area contributed by atoms with Crippen molar-refractivity contribution in [1.29, 1.82) is 0 Å². The number of hydrogen-bond acceptors (Lipinski definition) is 3. The van der Waals surface area contributed by atoms with Crippen LogP contribution in [0.3, 0.4) is 0 Å². The normalized spacial score (nSPS) is 20.0. The van der Waals surface area contributed by atoms with Crippen LogP contribution in [0.15, 0.2) is 30.3 Å². The maximum atomic E-state index is 12.9. The summed E-state index contributed by atoms with van der Waals surface area (Å²) in [5, 5.41) is 0. The van der Waals surface area contributed by atoms with Gasteiger partial charge in [0, 0.05) is 13.1 Å². The fraction of sp³-hybridized carbons (Fsp3) is 0.600. The molecule has 0 unspecified atom stereocenters. The fourth-order valence-electron chi connectivity index (χ4n) is 3.68. The summed E-state index contributed by atoms with van der Waals surface area (Å²) in [6.07, 6.45) is -0.538. The highest BCUT2D eigenvalue weighted by molar-refractivity contribution is 6.73. The van der Waals surface area contributed by atoms with E-state index in [2.05, 4.69) is 20.8 Å². The Labute approximate surface area is 158 Å². The van der Waals surface area contributed by atoms with Gasteiger partial charge in [0.2, 0.25) is 0 Å². The number of β-lactam (4-membered cyclic amide) rings is 1. The van der Waals surface area contributed by atoms with Gasteiger partial charge in [0.15, 0.2) is 14.4 Å². The summed E-state index contributed by atoms with van der Waals surface area (Å²) < 4.78 is 6.51. The van der Waals surface area contributed by atoms with Crippen LogP contribution in [0.2, 0.25) is 18.1 Å². The molecule has 2 rings (SSSR count). The van der Waals surface area contributed by atoms with Crippen molar-refractivity contribution in [3.8, 4) is 0 Å². The van der Waals surface area contributed by atoms with E-state index in [-0.39, 0.29) is 18.0 Å². The zero-order valence-corrected chi connectivity index (χ0v) is 17.7. The third-order valence-electron chi connectivity index (χ3n) is 5.74. The van der Waals surface area contributed by atoms with E-state index in [1.54, 1.807) is 4.90 Å². The summed E-state index contributed by atoms with van der Waals surface area (Å²) in [6.45, 7) is 11.5. The standard InChI is InChI=1S/C20H32N2O3Si/c1-6-21(7-2)20(24)22-17(16-14-12-11-13-15-16)18(19(22)23)25-26(8-3,9-4)10-5/h11-15,17-18H,6-10H2,1-5H3/t17-,18+/m1/s1. The molecule has 0 spiro atoms. The van der Waals surface area contributed by atoms with Crippen LogP contribution in [-0.2, 0) is 9.22 Å². The predicted molar refractivity (Wildman–Crippen MR) is 106 cm³/mol. The molecule has 1 fully saturated rings. The zero-order chi connectivity index (χ0) is 19.3.